The number of nitrogens with zero attached hydrogens (tertiary/aromatic N) is 2. The number of pyridine rings is 1. The molecule has 2 aromatic heterocycles. The molecule has 144 valence electrons. The van der Waals surface area contributed by atoms with Gasteiger partial charge in [0.05, 0.1) is 23.9 Å². The summed E-state index contributed by atoms with van der Waals surface area (Å²) in [6.45, 7) is 0.598. The molecule has 0 spiro atoms. The number of hydrogen-bond donors (Lipinski definition) is 1. The van der Waals surface area contributed by atoms with E-state index in [9.17, 15) is 9.59 Å². The summed E-state index contributed by atoms with van der Waals surface area (Å²) in [7, 11) is 1.31. The molecule has 0 bridgehead atoms. The minimum absolute atomic E-state index is 0.289. The van der Waals surface area contributed by atoms with Crippen LogP contribution in [0, 0.1) is 0 Å². The first kappa shape index (κ1) is 18.4. The van der Waals surface area contributed by atoms with E-state index in [1.54, 1.807) is 36.7 Å². The summed E-state index contributed by atoms with van der Waals surface area (Å²) in [6.07, 6.45) is 5.36. The fourth-order valence-corrected chi connectivity index (χ4v) is 3.32. The Kier molecular flexibility index (Phi) is 5.07. The number of carbonyl (C=O) groups excluding carboxylic acids is 2. The summed E-state index contributed by atoms with van der Waals surface area (Å²) in [5.41, 5.74) is 3.24. The van der Waals surface area contributed by atoms with Crippen molar-refractivity contribution in [1.82, 2.24) is 9.55 Å². The van der Waals surface area contributed by atoms with E-state index in [1.165, 1.54) is 7.11 Å². The van der Waals surface area contributed by atoms with Crippen molar-refractivity contribution in [3.8, 4) is 0 Å². The van der Waals surface area contributed by atoms with Crippen LogP contribution in [0.5, 0.6) is 0 Å². The minimum Gasteiger partial charge on any atom is -0.465 e. The van der Waals surface area contributed by atoms with Gasteiger partial charge in [0.15, 0.2) is 0 Å². The third-order valence-corrected chi connectivity index (χ3v) is 4.69. The number of nitrogens with one attached hydrogen (secondary N) is 1. The van der Waals surface area contributed by atoms with Crippen LogP contribution in [0.4, 0.5) is 5.69 Å². The molecule has 0 aliphatic heterocycles. The van der Waals surface area contributed by atoms with Gasteiger partial charge in [-0.2, -0.15) is 0 Å². The van der Waals surface area contributed by atoms with Gasteiger partial charge in [-0.1, -0.05) is 36.4 Å². The third kappa shape index (κ3) is 3.73. The van der Waals surface area contributed by atoms with Crippen molar-refractivity contribution in [2.75, 3.05) is 12.4 Å². The molecule has 0 atom stereocenters. The van der Waals surface area contributed by atoms with Gasteiger partial charge < -0.3 is 14.6 Å². The minimum atomic E-state index is -0.500. The van der Waals surface area contributed by atoms with Crippen LogP contribution in [-0.2, 0) is 11.3 Å². The van der Waals surface area contributed by atoms with Crippen LogP contribution in [0.2, 0.25) is 0 Å². The number of carbonyl (C=O) groups is 2. The van der Waals surface area contributed by atoms with Gasteiger partial charge in [-0.25, -0.2) is 4.79 Å². The Bertz CT molecular complexity index is 1180. The third-order valence-electron chi connectivity index (χ3n) is 4.69. The lowest BCUT2D eigenvalue weighted by molar-refractivity contribution is 0.0602. The number of amides is 1. The molecule has 0 aliphatic carbocycles. The van der Waals surface area contributed by atoms with Crippen molar-refractivity contribution in [3.05, 3.63) is 95.9 Å². The lowest BCUT2D eigenvalue weighted by atomic mass is 10.1. The number of methoxy groups -OCH3 is 1. The second kappa shape index (κ2) is 7.98. The maximum Gasteiger partial charge on any atom is 0.339 e. The van der Waals surface area contributed by atoms with E-state index in [0.717, 1.165) is 16.5 Å². The zero-order chi connectivity index (χ0) is 20.2. The van der Waals surface area contributed by atoms with E-state index in [2.05, 4.69) is 10.3 Å². The van der Waals surface area contributed by atoms with Gasteiger partial charge >= 0.3 is 5.97 Å². The highest BCUT2D eigenvalue weighted by atomic mass is 16.5. The lowest BCUT2D eigenvalue weighted by Gasteiger charge is -2.09. The second-order valence-corrected chi connectivity index (χ2v) is 6.54. The van der Waals surface area contributed by atoms with Crippen LogP contribution in [0.3, 0.4) is 0 Å². The highest BCUT2D eigenvalue weighted by molar-refractivity contribution is 6.14. The number of para-hydroxylation sites is 2. The van der Waals surface area contributed by atoms with Crippen LogP contribution in [0.15, 0.2) is 79.3 Å². The molecule has 4 rings (SSSR count). The lowest BCUT2D eigenvalue weighted by Crippen LogP contribution is -2.15. The molecule has 1 amide bonds. The van der Waals surface area contributed by atoms with Crippen molar-refractivity contribution < 1.29 is 14.3 Å². The van der Waals surface area contributed by atoms with Gasteiger partial charge in [-0.15, -0.1) is 0 Å². The predicted molar refractivity (Wildman–Crippen MR) is 111 cm³/mol. The molecule has 2 heterocycles. The molecule has 6 heteroatoms. The SMILES string of the molecule is COC(=O)c1ccccc1NC(=O)c1cn(Cc2cccnc2)c2ccccc12. The normalized spacial score (nSPS) is 10.7. The van der Waals surface area contributed by atoms with Crippen molar-refractivity contribution >= 4 is 28.5 Å². The van der Waals surface area contributed by atoms with Crippen LogP contribution in [-0.4, -0.2) is 28.5 Å². The van der Waals surface area contributed by atoms with E-state index < -0.39 is 5.97 Å². The molecule has 0 fully saturated rings. The number of hydrogen-bond acceptors (Lipinski definition) is 4. The first-order chi connectivity index (χ1) is 14.2. The van der Waals surface area contributed by atoms with Gasteiger partial charge in [-0.05, 0) is 29.8 Å². The summed E-state index contributed by atoms with van der Waals surface area (Å²) in [5, 5.41) is 3.68. The summed E-state index contributed by atoms with van der Waals surface area (Å²) >= 11 is 0. The van der Waals surface area contributed by atoms with Crippen LogP contribution in [0.25, 0.3) is 10.9 Å². The van der Waals surface area contributed by atoms with E-state index in [4.69, 9.17) is 4.74 Å². The fourth-order valence-electron chi connectivity index (χ4n) is 3.32. The van der Waals surface area contributed by atoms with Gasteiger partial charge in [0, 0.05) is 36.0 Å². The molecule has 0 radical (unpaired) electrons. The Morgan fingerprint density at radius 2 is 1.79 bits per heavy atom. The zero-order valence-electron chi connectivity index (χ0n) is 15.8. The number of ether oxygens (including phenoxy) is 1. The number of aromatic nitrogens is 2. The molecular formula is C23H19N3O3. The molecule has 29 heavy (non-hydrogen) atoms. The van der Waals surface area contributed by atoms with Gasteiger partial charge in [-0.3, -0.25) is 9.78 Å². The molecule has 6 nitrogen and oxygen atoms in total. The highest BCUT2D eigenvalue weighted by Gasteiger charge is 2.18. The highest BCUT2D eigenvalue weighted by Crippen LogP contribution is 2.24. The Labute approximate surface area is 167 Å². The smallest absolute Gasteiger partial charge is 0.339 e. The standard InChI is InChI=1S/C23H19N3O3/c1-29-23(28)18-9-2-4-10-20(18)25-22(27)19-15-26(14-16-7-6-12-24-13-16)21-11-5-3-8-17(19)21/h2-13,15H,14H2,1H3,(H,25,27). The first-order valence-electron chi connectivity index (χ1n) is 9.13. The molecule has 1 N–H and O–H groups in total. The Morgan fingerprint density at radius 3 is 2.59 bits per heavy atom. The van der Waals surface area contributed by atoms with Crippen molar-refractivity contribution in [2.45, 2.75) is 6.54 Å². The Balaban J connectivity index is 1.70. The maximum atomic E-state index is 13.1. The molecule has 0 saturated heterocycles. The van der Waals surface area contributed by atoms with E-state index in [0.29, 0.717) is 23.4 Å². The summed E-state index contributed by atoms with van der Waals surface area (Å²) in [4.78, 5) is 29.2. The quantitative estimate of drug-likeness (QED) is 0.525. The summed E-state index contributed by atoms with van der Waals surface area (Å²) in [6, 6.07) is 18.4. The molecule has 0 saturated carbocycles. The van der Waals surface area contributed by atoms with Crippen molar-refractivity contribution in [2.24, 2.45) is 0 Å². The molecule has 0 unspecified atom stereocenters. The zero-order valence-corrected chi connectivity index (χ0v) is 15.8. The second-order valence-electron chi connectivity index (χ2n) is 6.54. The summed E-state index contributed by atoms with van der Waals surface area (Å²) < 4.78 is 6.83. The number of benzene rings is 2. The topological polar surface area (TPSA) is 73.2 Å². The molecule has 2 aromatic carbocycles. The number of fused-ring (bicyclic) bond motifs is 1. The molecular weight excluding hydrogens is 366 g/mol. The average molecular weight is 385 g/mol. The van der Waals surface area contributed by atoms with E-state index >= 15 is 0 Å². The van der Waals surface area contributed by atoms with Crippen LogP contribution in [0.1, 0.15) is 26.3 Å². The molecule has 0 aliphatic rings. The van der Waals surface area contributed by atoms with Crippen molar-refractivity contribution in [1.29, 1.82) is 0 Å². The Morgan fingerprint density at radius 1 is 1.00 bits per heavy atom. The van der Waals surface area contributed by atoms with Crippen molar-refractivity contribution in [3.63, 3.8) is 0 Å². The van der Waals surface area contributed by atoms with Gasteiger partial charge in [0.25, 0.3) is 5.91 Å². The number of rotatable bonds is 5. The van der Waals surface area contributed by atoms with E-state index in [-0.39, 0.29) is 5.91 Å². The van der Waals surface area contributed by atoms with E-state index in [1.807, 2.05) is 47.2 Å². The van der Waals surface area contributed by atoms with Crippen LogP contribution < -0.4 is 5.32 Å². The largest absolute Gasteiger partial charge is 0.465 e. The predicted octanol–water partition coefficient (Wildman–Crippen LogP) is 4.12. The van der Waals surface area contributed by atoms with Gasteiger partial charge in [0.2, 0.25) is 0 Å². The monoisotopic (exact) mass is 385 g/mol. The number of anilines is 1. The maximum absolute atomic E-state index is 13.1. The van der Waals surface area contributed by atoms with Crippen LogP contribution >= 0.6 is 0 Å². The molecule has 4 aromatic rings. The first-order valence-corrected chi connectivity index (χ1v) is 9.13. The fraction of sp³-hybridized carbons (Fsp3) is 0.0870. The summed E-state index contributed by atoms with van der Waals surface area (Å²) in [5.74, 6) is -0.789. The number of esters is 1. The average Bonchev–Trinajstić information content (AvgIpc) is 3.13. The van der Waals surface area contributed by atoms with Gasteiger partial charge in [0.1, 0.15) is 0 Å². The Hall–Kier alpha value is -3.93.